The molecule has 0 amide bonds. The summed E-state index contributed by atoms with van der Waals surface area (Å²) in [5.41, 5.74) is 17.2. The van der Waals surface area contributed by atoms with Crippen molar-refractivity contribution in [3.63, 3.8) is 0 Å². The van der Waals surface area contributed by atoms with Crippen LogP contribution in [0.1, 0.15) is 136 Å². The van der Waals surface area contributed by atoms with Gasteiger partial charge in [0.15, 0.2) is 0 Å². The van der Waals surface area contributed by atoms with Crippen LogP contribution >= 0.6 is 0 Å². The zero-order valence-electron chi connectivity index (χ0n) is 41.4. The van der Waals surface area contributed by atoms with Crippen LogP contribution in [0, 0.1) is 59.2 Å². The van der Waals surface area contributed by atoms with Crippen molar-refractivity contribution in [1.82, 2.24) is 0 Å². The average Bonchev–Trinajstić information content (AvgIpc) is 3.20. The van der Waals surface area contributed by atoms with Gasteiger partial charge < -0.3 is 0 Å². The lowest BCUT2D eigenvalue weighted by molar-refractivity contribution is 0.296. The van der Waals surface area contributed by atoms with Gasteiger partial charge in [-0.3, -0.25) is 0 Å². The van der Waals surface area contributed by atoms with E-state index in [0.717, 1.165) is 11.1 Å². The molecule has 0 aliphatic heterocycles. The molecule has 64 heavy (non-hydrogen) atoms. The van der Waals surface area contributed by atoms with Crippen LogP contribution in [0.2, 0.25) is 0 Å². The van der Waals surface area contributed by atoms with E-state index in [1.54, 1.807) is 0 Å². The molecule has 5 aromatic rings. The van der Waals surface area contributed by atoms with Crippen LogP contribution in [-0.4, -0.2) is 0 Å². The number of fused-ring (bicyclic) bond motifs is 10. The Balaban J connectivity index is 1.35. The first-order chi connectivity index (χ1) is 29.8. The van der Waals surface area contributed by atoms with Gasteiger partial charge in [-0.2, -0.15) is 0 Å². The van der Waals surface area contributed by atoms with E-state index in [9.17, 15) is 0 Å². The van der Waals surface area contributed by atoms with E-state index >= 15 is 0 Å². The molecule has 0 heteroatoms. The third kappa shape index (κ3) is 6.67. The fourth-order valence-electron chi connectivity index (χ4n) is 10.9. The van der Waals surface area contributed by atoms with E-state index in [0.29, 0.717) is 0 Å². The molecule has 0 radical (unpaired) electrons. The number of benzene rings is 4. The van der Waals surface area contributed by atoms with Crippen LogP contribution in [0.15, 0.2) is 137 Å². The Morgan fingerprint density at radius 3 is 1.48 bits per heavy atom. The van der Waals surface area contributed by atoms with Gasteiger partial charge in [-0.1, -0.05) is 200 Å². The molecular formula is C64H66. The van der Waals surface area contributed by atoms with Gasteiger partial charge in [0, 0.05) is 22.0 Å². The summed E-state index contributed by atoms with van der Waals surface area (Å²) < 4.78 is 0. The second-order valence-corrected chi connectivity index (χ2v) is 23.6. The third-order valence-electron chi connectivity index (χ3n) is 15.4. The molecule has 0 saturated carbocycles. The van der Waals surface area contributed by atoms with Crippen LogP contribution < -0.4 is 0 Å². The highest BCUT2D eigenvalue weighted by molar-refractivity contribution is 6.10. The number of aryl methyl sites for hydroxylation is 2. The second-order valence-electron chi connectivity index (χ2n) is 23.6. The molecule has 0 aromatic heterocycles. The van der Waals surface area contributed by atoms with Crippen molar-refractivity contribution in [3.8, 4) is 23.7 Å². The van der Waals surface area contributed by atoms with Crippen molar-refractivity contribution in [2.24, 2.45) is 21.7 Å². The largest absolute Gasteiger partial charge is 0.0616 e. The van der Waals surface area contributed by atoms with Gasteiger partial charge in [0.1, 0.15) is 0 Å². The Morgan fingerprint density at radius 2 is 0.922 bits per heavy atom. The maximum absolute atomic E-state index is 3.74. The highest BCUT2D eigenvalue weighted by atomic mass is 14.6. The van der Waals surface area contributed by atoms with Crippen LogP contribution in [-0.2, 0) is 10.8 Å². The Bertz CT molecular complexity index is 3270. The van der Waals surface area contributed by atoms with Crippen molar-refractivity contribution in [1.29, 1.82) is 0 Å². The molecule has 0 nitrogen and oxygen atoms in total. The van der Waals surface area contributed by atoms with Gasteiger partial charge in [0.25, 0.3) is 0 Å². The topological polar surface area (TPSA) is 0 Å². The van der Waals surface area contributed by atoms with Gasteiger partial charge in [-0.25, -0.2) is 0 Å². The van der Waals surface area contributed by atoms with E-state index in [1.165, 1.54) is 99.1 Å². The number of hydrogen-bond acceptors (Lipinski definition) is 0. The van der Waals surface area contributed by atoms with E-state index in [2.05, 4.69) is 244 Å². The second kappa shape index (κ2) is 14.3. The van der Waals surface area contributed by atoms with Gasteiger partial charge in [-0.05, 0) is 165 Å². The number of rotatable bonds is 0. The summed E-state index contributed by atoms with van der Waals surface area (Å²) in [6, 6.07) is 30.1. The Morgan fingerprint density at radius 1 is 0.438 bits per heavy atom. The maximum Gasteiger partial charge on any atom is 0.0337 e. The summed E-state index contributed by atoms with van der Waals surface area (Å²) in [5, 5.41) is 7.45. The van der Waals surface area contributed by atoms with Crippen LogP contribution in [0.3, 0.4) is 0 Å². The highest BCUT2D eigenvalue weighted by Crippen LogP contribution is 2.72. The first-order valence-electron chi connectivity index (χ1n) is 23.4. The van der Waals surface area contributed by atoms with E-state index < -0.39 is 0 Å². The van der Waals surface area contributed by atoms with Gasteiger partial charge in [0.2, 0.25) is 0 Å². The third-order valence-corrected chi connectivity index (χ3v) is 15.4. The molecule has 322 valence electrons. The quantitative estimate of drug-likeness (QED) is 0.136. The monoisotopic (exact) mass is 835 g/mol. The minimum absolute atomic E-state index is 0.0204. The maximum atomic E-state index is 3.74. The summed E-state index contributed by atoms with van der Waals surface area (Å²) in [5.74, 6) is 14.4. The minimum Gasteiger partial charge on any atom is -0.0616 e. The fraction of sp³-hybridized carbons (Fsp3) is 0.344. The van der Waals surface area contributed by atoms with Gasteiger partial charge in [-0.15, -0.1) is 0 Å². The molecule has 9 rings (SSSR count). The van der Waals surface area contributed by atoms with E-state index in [4.69, 9.17) is 0 Å². The highest BCUT2D eigenvalue weighted by Gasteiger charge is 2.60. The lowest BCUT2D eigenvalue weighted by Gasteiger charge is -2.59. The number of allylic oxidation sites excluding steroid dienone is 12. The lowest BCUT2D eigenvalue weighted by Crippen LogP contribution is -2.49. The SMILES string of the molecule is Cc1c2cc(C(C)(C)C)cc1c1ccccc1c1cc(C(C)(C)C)cc(c(C#CC#CC3=C4C=C(C(C)(C)C)C=C5c6ccccc6C6=CC(C(C)(C)C)=CC(=C3)[C@@]6(C)[C@]54C)c2)c1C. The lowest BCUT2D eigenvalue weighted by atomic mass is 9.42. The first kappa shape index (κ1) is 43.4. The van der Waals surface area contributed by atoms with Crippen molar-refractivity contribution < 1.29 is 0 Å². The molecule has 0 N–H and O–H groups in total. The van der Waals surface area contributed by atoms with Crippen molar-refractivity contribution in [2.75, 3.05) is 0 Å². The van der Waals surface area contributed by atoms with Crippen molar-refractivity contribution in [3.05, 3.63) is 176 Å². The zero-order chi connectivity index (χ0) is 46.1. The van der Waals surface area contributed by atoms with Crippen molar-refractivity contribution in [2.45, 2.75) is 122 Å². The Labute approximate surface area is 384 Å². The molecule has 0 saturated heterocycles. The predicted molar refractivity (Wildman–Crippen MR) is 278 cm³/mol. The summed E-state index contributed by atoms with van der Waals surface area (Å²) in [7, 11) is 0. The summed E-state index contributed by atoms with van der Waals surface area (Å²) in [4.78, 5) is 0. The van der Waals surface area contributed by atoms with Crippen LogP contribution in [0.5, 0.6) is 0 Å². The molecular weight excluding hydrogens is 769 g/mol. The molecule has 0 heterocycles. The summed E-state index contributed by atoms with van der Waals surface area (Å²) >= 11 is 0. The fourth-order valence-corrected chi connectivity index (χ4v) is 10.9. The molecule has 4 aliphatic rings. The standard InChI is InChI=1S/C64H66/c1-39-43-29-41(53-33-46(61(9,10)11)35-55(40(53)2)50-26-20-19-25-49(50)54(39)34-44(31-43)59(3,4)5)23-17-18-24-42-30-48-32-45(60(6,7)8)37-57-51-27-21-22-28-52(51)58-38-47(62(12,13)14)36-56(42)64(58,16)63(48,57)15/h19-22,25-38H,1-16H3/t63-,64+/m1/s1. The first-order valence-corrected chi connectivity index (χ1v) is 23.4. The van der Waals surface area contributed by atoms with E-state index in [1.807, 2.05) is 0 Å². The van der Waals surface area contributed by atoms with Gasteiger partial charge in [0.05, 0.1) is 0 Å². The smallest absolute Gasteiger partial charge is 0.0337 e. The van der Waals surface area contributed by atoms with E-state index in [-0.39, 0.29) is 32.5 Å². The Kier molecular flexibility index (Phi) is 9.73. The molecule has 0 unspecified atom stereocenters. The molecule has 4 aliphatic carbocycles. The minimum atomic E-state index is -0.341. The molecule has 5 aromatic carbocycles. The molecule has 2 atom stereocenters. The normalized spacial score (nSPS) is 20.5. The molecule has 4 bridgehead atoms. The van der Waals surface area contributed by atoms with Gasteiger partial charge >= 0.3 is 0 Å². The summed E-state index contributed by atoms with van der Waals surface area (Å²) in [6.45, 7) is 37.4. The molecule has 0 spiro atoms. The van der Waals surface area contributed by atoms with Crippen LogP contribution in [0.4, 0.5) is 0 Å². The van der Waals surface area contributed by atoms with Crippen molar-refractivity contribution >= 4 is 43.5 Å². The predicted octanol–water partition coefficient (Wildman–Crippen LogP) is 17.0. The average molecular weight is 835 g/mol. The summed E-state index contributed by atoms with van der Waals surface area (Å²) in [6.07, 6.45) is 12.4. The molecule has 0 fully saturated rings. The van der Waals surface area contributed by atoms with Crippen LogP contribution in [0.25, 0.3) is 43.5 Å². The zero-order valence-corrected chi connectivity index (χ0v) is 41.4. The Hall–Kier alpha value is -5.82. The number of hydrogen-bond donors (Lipinski definition) is 0.